The summed E-state index contributed by atoms with van der Waals surface area (Å²) in [6, 6.07) is 0. The van der Waals surface area contributed by atoms with Crippen molar-refractivity contribution in [1.82, 2.24) is 0 Å². The third kappa shape index (κ3) is 4.54. The zero-order valence-corrected chi connectivity index (χ0v) is 21.4. The van der Waals surface area contributed by atoms with Gasteiger partial charge in [0.2, 0.25) is 0 Å². The van der Waals surface area contributed by atoms with Gasteiger partial charge in [-0.3, -0.25) is 4.79 Å². The summed E-state index contributed by atoms with van der Waals surface area (Å²) in [5, 5.41) is 0.327. The minimum atomic E-state index is -1.94. The molecule has 2 fully saturated rings. The van der Waals surface area contributed by atoms with E-state index >= 15 is 0 Å². The second-order valence-corrected chi connectivity index (χ2v) is 21.3. The maximum atomic E-state index is 12.1. The smallest absolute Gasteiger partial charge is 0.306 e. The van der Waals surface area contributed by atoms with Gasteiger partial charge in [-0.2, -0.15) is 0 Å². The van der Waals surface area contributed by atoms with Gasteiger partial charge in [0.25, 0.3) is 0 Å². The van der Waals surface area contributed by atoms with E-state index < -0.39 is 16.6 Å². The molecule has 0 bridgehead atoms. The van der Waals surface area contributed by atoms with Crippen molar-refractivity contribution >= 4 is 22.6 Å². The van der Waals surface area contributed by atoms with E-state index in [1.807, 2.05) is 0 Å². The number of fused-ring (bicyclic) bond motifs is 1. The lowest BCUT2D eigenvalue weighted by molar-refractivity contribution is -0.145. The van der Waals surface area contributed by atoms with E-state index in [0.717, 1.165) is 0 Å². The molecule has 0 aromatic rings. The maximum Gasteiger partial charge on any atom is 0.306 e. The number of hydrogen-bond acceptors (Lipinski definition) is 4. The van der Waals surface area contributed by atoms with Crippen LogP contribution in [0.25, 0.3) is 0 Å². The molecule has 1 aliphatic heterocycles. The highest BCUT2D eigenvalue weighted by Crippen LogP contribution is 2.50. The molecule has 5 atom stereocenters. The van der Waals surface area contributed by atoms with Crippen LogP contribution in [0.3, 0.4) is 0 Å². The van der Waals surface area contributed by atoms with Crippen molar-refractivity contribution in [3.63, 3.8) is 0 Å². The van der Waals surface area contributed by atoms with Crippen LogP contribution in [0.4, 0.5) is 0 Å². The maximum absolute atomic E-state index is 12.1. The molecule has 0 radical (unpaired) electrons. The minimum absolute atomic E-state index is 0.00430. The largest absolute Gasteiger partial charge is 0.459 e. The number of esters is 1. The number of carbonyl (C=O) groups excluding carboxylic acids is 1. The van der Waals surface area contributed by atoms with Crippen LogP contribution in [0.2, 0.25) is 36.3 Å². The first-order chi connectivity index (χ1) is 12.0. The minimum Gasteiger partial charge on any atom is -0.459 e. The second-order valence-electron chi connectivity index (χ2n) is 11.8. The van der Waals surface area contributed by atoms with Gasteiger partial charge < -0.3 is 13.6 Å². The van der Waals surface area contributed by atoms with Crippen molar-refractivity contribution in [1.29, 1.82) is 0 Å². The first kappa shape index (κ1) is 23.1. The Morgan fingerprint density at radius 2 is 1.52 bits per heavy atom. The fourth-order valence-corrected chi connectivity index (χ4v) is 6.15. The van der Waals surface area contributed by atoms with E-state index in [0.29, 0.717) is 24.9 Å². The average Bonchev–Trinajstić information content (AvgIpc) is 2.92. The van der Waals surface area contributed by atoms with Crippen LogP contribution >= 0.6 is 0 Å². The molecule has 1 heterocycles. The summed E-state index contributed by atoms with van der Waals surface area (Å²) >= 11 is 0. The van der Waals surface area contributed by atoms with Crippen molar-refractivity contribution in [3.8, 4) is 0 Å². The van der Waals surface area contributed by atoms with Crippen LogP contribution in [0.5, 0.6) is 0 Å². The summed E-state index contributed by atoms with van der Waals surface area (Å²) in [7, 11) is -3.76. The third-order valence-corrected chi connectivity index (χ3v) is 16.8. The van der Waals surface area contributed by atoms with Gasteiger partial charge in [-0.1, -0.05) is 48.5 Å². The van der Waals surface area contributed by atoms with E-state index in [2.05, 4.69) is 74.7 Å². The Hall–Kier alpha value is -0.176. The second kappa shape index (κ2) is 7.26. The lowest BCUT2D eigenvalue weighted by atomic mass is 9.89. The van der Waals surface area contributed by atoms with Gasteiger partial charge in [0.1, 0.15) is 6.10 Å². The zero-order valence-electron chi connectivity index (χ0n) is 19.4. The summed E-state index contributed by atoms with van der Waals surface area (Å²) in [4.78, 5) is 12.1. The molecule has 0 aromatic heterocycles. The highest BCUT2D eigenvalue weighted by Gasteiger charge is 2.57. The Labute approximate surface area is 169 Å². The zero-order chi connectivity index (χ0) is 21.0. The molecule has 0 aromatic carbocycles. The Balaban J connectivity index is 2.19. The molecule has 0 amide bonds. The molecular formula is C21H42O4Si2. The fraction of sp³-hybridized carbons (Fsp3) is 0.952. The Morgan fingerprint density at radius 3 is 2.00 bits per heavy atom. The van der Waals surface area contributed by atoms with E-state index in [4.69, 9.17) is 13.6 Å². The lowest BCUT2D eigenvalue weighted by Crippen LogP contribution is -2.48. The molecule has 2 aliphatic rings. The molecule has 2 rings (SSSR count). The number of ether oxygens (including phenoxy) is 1. The molecule has 1 saturated carbocycles. The summed E-state index contributed by atoms with van der Waals surface area (Å²) in [6.07, 6.45) is 0.405. The van der Waals surface area contributed by atoms with Crippen molar-refractivity contribution in [2.24, 2.45) is 17.8 Å². The normalized spacial score (nSPS) is 32.6. The van der Waals surface area contributed by atoms with Crippen LogP contribution in [-0.2, 0) is 18.4 Å². The number of rotatable bonds is 5. The van der Waals surface area contributed by atoms with Crippen LogP contribution < -0.4 is 0 Å². The van der Waals surface area contributed by atoms with Gasteiger partial charge in [0, 0.05) is 12.5 Å². The third-order valence-electron chi connectivity index (χ3n) is 7.84. The van der Waals surface area contributed by atoms with Crippen molar-refractivity contribution in [2.45, 2.75) is 103 Å². The Kier molecular flexibility index (Phi) is 6.21. The molecule has 0 N–H and O–H groups in total. The molecule has 27 heavy (non-hydrogen) atoms. The van der Waals surface area contributed by atoms with Crippen LogP contribution in [0, 0.1) is 17.8 Å². The summed E-state index contributed by atoms with van der Waals surface area (Å²) in [5.41, 5.74) is 0. The summed E-state index contributed by atoms with van der Waals surface area (Å²) in [6.45, 7) is 25.7. The van der Waals surface area contributed by atoms with Crippen molar-refractivity contribution in [3.05, 3.63) is 0 Å². The first-order valence-corrected chi connectivity index (χ1v) is 16.3. The van der Waals surface area contributed by atoms with Crippen LogP contribution in [-0.4, -0.2) is 41.4 Å². The van der Waals surface area contributed by atoms with E-state index in [9.17, 15) is 4.79 Å². The Morgan fingerprint density at radius 1 is 1.00 bits per heavy atom. The lowest BCUT2D eigenvalue weighted by Gasteiger charge is -2.41. The molecule has 6 heteroatoms. The molecule has 0 spiro atoms. The van der Waals surface area contributed by atoms with Gasteiger partial charge in [0.05, 0.1) is 12.5 Å². The van der Waals surface area contributed by atoms with Crippen LogP contribution in [0.1, 0.15) is 54.9 Å². The van der Waals surface area contributed by atoms with Gasteiger partial charge >= 0.3 is 5.97 Å². The molecular weight excluding hydrogens is 372 g/mol. The topological polar surface area (TPSA) is 44.8 Å². The van der Waals surface area contributed by atoms with E-state index in [1.54, 1.807) is 0 Å². The van der Waals surface area contributed by atoms with E-state index in [-0.39, 0.29) is 34.2 Å². The monoisotopic (exact) mass is 414 g/mol. The molecule has 0 unspecified atom stereocenters. The predicted molar refractivity (Wildman–Crippen MR) is 116 cm³/mol. The Bertz CT molecular complexity index is 560. The van der Waals surface area contributed by atoms with Crippen molar-refractivity contribution in [2.75, 3.05) is 6.61 Å². The van der Waals surface area contributed by atoms with Gasteiger partial charge in [-0.05, 0) is 48.1 Å². The van der Waals surface area contributed by atoms with Gasteiger partial charge in [-0.15, -0.1) is 0 Å². The SMILES string of the molecule is C[C@@H]1[C@@H](CO[Si](C)(C)C(C)(C)C)[C@H]2CC(=O)O[C@H]2[C@H]1O[Si](C)(C)C(C)(C)C. The molecule has 158 valence electrons. The quantitative estimate of drug-likeness (QED) is 0.434. The van der Waals surface area contributed by atoms with Crippen LogP contribution in [0.15, 0.2) is 0 Å². The summed E-state index contributed by atoms with van der Waals surface area (Å²) < 4.78 is 19.1. The highest BCUT2D eigenvalue weighted by atomic mass is 28.4. The van der Waals surface area contributed by atoms with Gasteiger partial charge in [0.15, 0.2) is 16.6 Å². The average molecular weight is 415 g/mol. The van der Waals surface area contributed by atoms with Gasteiger partial charge in [-0.25, -0.2) is 0 Å². The number of carbonyl (C=O) groups is 1. The molecule has 1 aliphatic carbocycles. The van der Waals surface area contributed by atoms with E-state index in [1.165, 1.54) is 0 Å². The molecule has 1 saturated heterocycles. The fourth-order valence-electron chi connectivity index (χ4n) is 3.72. The first-order valence-electron chi connectivity index (χ1n) is 10.5. The standard InChI is InChI=1S/C21H42O4Si2/c1-14-16(13-23-26(8,9)20(2,3)4)15-12-17(22)24-19(15)18(14)25-27(10,11)21(5,6)7/h14-16,18-19H,12-13H2,1-11H3/t14-,15-,16-,18+,19-/m1/s1. The van der Waals surface area contributed by atoms with Crippen molar-refractivity contribution < 1.29 is 18.4 Å². The summed E-state index contributed by atoms with van der Waals surface area (Å²) in [5.74, 6) is 0.822. The number of hydrogen-bond donors (Lipinski definition) is 0. The predicted octanol–water partition coefficient (Wildman–Crippen LogP) is 5.60. The molecule has 4 nitrogen and oxygen atoms in total. The highest BCUT2D eigenvalue weighted by molar-refractivity contribution is 6.74.